The Balaban J connectivity index is 2.01. The van der Waals surface area contributed by atoms with Crippen LogP contribution in [0.15, 0.2) is 18.2 Å². The predicted octanol–water partition coefficient (Wildman–Crippen LogP) is 2.30. The van der Waals surface area contributed by atoms with Gasteiger partial charge in [-0.05, 0) is 50.9 Å². The highest BCUT2D eigenvalue weighted by Gasteiger charge is 2.23. The average molecular weight is 364 g/mol. The summed E-state index contributed by atoms with van der Waals surface area (Å²) in [4.78, 5) is 14.2. The summed E-state index contributed by atoms with van der Waals surface area (Å²) in [6.07, 6.45) is 3.91. The summed E-state index contributed by atoms with van der Waals surface area (Å²) in [6.45, 7) is 8.17. The number of hydrogen-bond donors (Lipinski definition) is 2. The van der Waals surface area contributed by atoms with Crippen molar-refractivity contribution in [2.24, 2.45) is 5.73 Å². The average Bonchev–Trinajstić information content (AvgIpc) is 2.64. The predicted molar refractivity (Wildman–Crippen MR) is 104 cm³/mol. The van der Waals surface area contributed by atoms with Crippen LogP contribution in [0.2, 0.25) is 0 Å². The van der Waals surface area contributed by atoms with Gasteiger partial charge in [0.05, 0.1) is 13.2 Å². The lowest BCUT2D eigenvalue weighted by Crippen LogP contribution is -2.46. The van der Waals surface area contributed by atoms with Crippen molar-refractivity contribution in [3.8, 4) is 11.5 Å². The molecule has 3 N–H and O–H groups in total. The van der Waals surface area contributed by atoms with E-state index in [0.29, 0.717) is 38.8 Å². The molecule has 0 saturated carbocycles. The van der Waals surface area contributed by atoms with Crippen LogP contribution in [0.25, 0.3) is 0 Å². The number of ether oxygens (including phenoxy) is 2. The van der Waals surface area contributed by atoms with Crippen molar-refractivity contribution in [1.82, 2.24) is 10.2 Å². The molecule has 1 aromatic rings. The van der Waals surface area contributed by atoms with Gasteiger partial charge in [-0.15, -0.1) is 0 Å². The number of nitrogens with two attached hydrogens (primary N) is 1. The van der Waals surface area contributed by atoms with Crippen LogP contribution in [0.3, 0.4) is 0 Å². The number of amides is 1. The van der Waals surface area contributed by atoms with E-state index in [0.717, 1.165) is 31.0 Å². The molecule has 1 amide bonds. The number of nitrogens with zero attached hydrogens (tertiary/aromatic N) is 1. The Kier molecular flexibility index (Phi) is 8.71. The maximum Gasteiger partial charge on any atom is 0.221 e. The smallest absolute Gasteiger partial charge is 0.221 e. The summed E-state index contributed by atoms with van der Waals surface area (Å²) in [7, 11) is 0. The van der Waals surface area contributed by atoms with Gasteiger partial charge in [0.15, 0.2) is 11.5 Å². The van der Waals surface area contributed by atoms with Gasteiger partial charge in [-0.25, -0.2) is 0 Å². The first-order valence-corrected chi connectivity index (χ1v) is 9.77. The van der Waals surface area contributed by atoms with Crippen LogP contribution in [0.5, 0.6) is 11.5 Å². The lowest BCUT2D eigenvalue weighted by atomic mass is 10.0. The van der Waals surface area contributed by atoms with Crippen molar-refractivity contribution in [3.63, 3.8) is 0 Å². The van der Waals surface area contributed by atoms with Crippen molar-refractivity contribution in [2.75, 3.05) is 32.8 Å². The second kappa shape index (κ2) is 11.0. The van der Waals surface area contributed by atoms with E-state index in [4.69, 9.17) is 15.2 Å². The normalized spacial score (nSPS) is 17.7. The zero-order chi connectivity index (χ0) is 18.8. The number of benzene rings is 1. The van der Waals surface area contributed by atoms with Crippen LogP contribution >= 0.6 is 0 Å². The molecule has 0 aliphatic carbocycles. The highest BCUT2D eigenvalue weighted by atomic mass is 16.5. The second-order valence-electron chi connectivity index (χ2n) is 6.61. The molecule has 0 aromatic heterocycles. The number of carbonyl (C=O) groups is 1. The summed E-state index contributed by atoms with van der Waals surface area (Å²) >= 11 is 0. The lowest BCUT2D eigenvalue weighted by Gasteiger charge is -2.36. The standard InChI is InChI=1S/C20H33N3O3/c1-3-25-18-9-8-16(13-19(18)26-4-2)15-23-12-6-5-7-17(23)14-22-20(24)10-11-21/h8-9,13,17H,3-7,10-12,14-15,21H2,1-2H3,(H,22,24). The third-order valence-electron chi connectivity index (χ3n) is 4.65. The van der Waals surface area contributed by atoms with E-state index < -0.39 is 0 Å². The number of hydrogen-bond acceptors (Lipinski definition) is 5. The van der Waals surface area contributed by atoms with E-state index in [1.807, 2.05) is 19.9 Å². The SMILES string of the molecule is CCOc1ccc(CN2CCCCC2CNC(=O)CCN)cc1OCC. The number of nitrogens with one attached hydrogen (secondary N) is 1. The Bertz CT molecular complexity index is 565. The van der Waals surface area contributed by atoms with Gasteiger partial charge in [-0.2, -0.15) is 0 Å². The number of piperidine rings is 1. The molecule has 6 heteroatoms. The minimum absolute atomic E-state index is 0.0396. The molecule has 0 bridgehead atoms. The van der Waals surface area contributed by atoms with Crippen LogP contribution in [0.1, 0.15) is 45.1 Å². The Morgan fingerprint density at radius 3 is 2.73 bits per heavy atom. The molecule has 146 valence electrons. The maximum absolute atomic E-state index is 11.7. The summed E-state index contributed by atoms with van der Waals surface area (Å²) in [6, 6.07) is 6.54. The van der Waals surface area contributed by atoms with Crippen LogP contribution < -0.4 is 20.5 Å². The number of likely N-dealkylation sites (tertiary alicyclic amines) is 1. The van der Waals surface area contributed by atoms with Crippen LogP contribution in [-0.2, 0) is 11.3 Å². The largest absolute Gasteiger partial charge is 0.490 e. The van der Waals surface area contributed by atoms with E-state index >= 15 is 0 Å². The fourth-order valence-corrected chi connectivity index (χ4v) is 3.38. The monoisotopic (exact) mass is 363 g/mol. The minimum Gasteiger partial charge on any atom is -0.490 e. The molecule has 1 unspecified atom stereocenters. The first kappa shape index (κ1) is 20.5. The molecule has 0 spiro atoms. The van der Waals surface area contributed by atoms with E-state index in [9.17, 15) is 4.79 Å². The summed E-state index contributed by atoms with van der Waals surface area (Å²) in [5, 5.41) is 3.02. The van der Waals surface area contributed by atoms with Gasteiger partial charge in [0.1, 0.15) is 0 Å². The van der Waals surface area contributed by atoms with Gasteiger partial charge in [0, 0.05) is 32.1 Å². The second-order valence-corrected chi connectivity index (χ2v) is 6.61. The zero-order valence-electron chi connectivity index (χ0n) is 16.1. The Morgan fingerprint density at radius 1 is 1.23 bits per heavy atom. The zero-order valence-corrected chi connectivity index (χ0v) is 16.1. The molecule has 1 aliphatic rings. The molecule has 2 rings (SSSR count). The van der Waals surface area contributed by atoms with Crippen molar-refractivity contribution >= 4 is 5.91 Å². The topological polar surface area (TPSA) is 76.8 Å². The van der Waals surface area contributed by atoms with Crippen molar-refractivity contribution in [3.05, 3.63) is 23.8 Å². The highest BCUT2D eigenvalue weighted by molar-refractivity contribution is 5.76. The summed E-state index contributed by atoms with van der Waals surface area (Å²) in [5.74, 6) is 1.64. The summed E-state index contributed by atoms with van der Waals surface area (Å²) in [5.41, 5.74) is 6.65. The van der Waals surface area contributed by atoms with Crippen molar-refractivity contribution in [1.29, 1.82) is 0 Å². The molecular weight excluding hydrogens is 330 g/mol. The summed E-state index contributed by atoms with van der Waals surface area (Å²) < 4.78 is 11.4. The molecule has 6 nitrogen and oxygen atoms in total. The molecule has 1 aliphatic heterocycles. The third kappa shape index (κ3) is 6.18. The Labute approximate surface area is 157 Å². The molecule has 1 heterocycles. The number of carbonyl (C=O) groups excluding carboxylic acids is 1. The third-order valence-corrected chi connectivity index (χ3v) is 4.65. The number of rotatable bonds is 10. The van der Waals surface area contributed by atoms with Crippen LogP contribution in [0, 0.1) is 0 Å². The fourth-order valence-electron chi connectivity index (χ4n) is 3.38. The van der Waals surface area contributed by atoms with Gasteiger partial charge in [0.2, 0.25) is 5.91 Å². The maximum atomic E-state index is 11.7. The molecule has 0 radical (unpaired) electrons. The molecule has 1 saturated heterocycles. The van der Waals surface area contributed by atoms with E-state index in [2.05, 4.69) is 22.3 Å². The Morgan fingerprint density at radius 2 is 2.00 bits per heavy atom. The van der Waals surface area contributed by atoms with Gasteiger partial charge >= 0.3 is 0 Å². The lowest BCUT2D eigenvalue weighted by molar-refractivity contribution is -0.121. The molecule has 1 fully saturated rings. The molecular formula is C20H33N3O3. The van der Waals surface area contributed by atoms with Crippen molar-refractivity contribution < 1.29 is 14.3 Å². The highest BCUT2D eigenvalue weighted by Crippen LogP contribution is 2.30. The van der Waals surface area contributed by atoms with E-state index in [1.54, 1.807) is 0 Å². The molecule has 1 atom stereocenters. The first-order chi connectivity index (χ1) is 12.7. The Hall–Kier alpha value is -1.79. The van der Waals surface area contributed by atoms with Gasteiger partial charge < -0.3 is 20.5 Å². The minimum atomic E-state index is 0.0396. The van der Waals surface area contributed by atoms with Crippen LogP contribution in [0.4, 0.5) is 0 Å². The fraction of sp³-hybridized carbons (Fsp3) is 0.650. The molecule has 26 heavy (non-hydrogen) atoms. The van der Waals surface area contributed by atoms with Crippen molar-refractivity contribution in [2.45, 2.75) is 52.1 Å². The first-order valence-electron chi connectivity index (χ1n) is 9.77. The van der Waals surface area contributed by atoms with E-state index in [1.165, 1.54) is 18.4 Å². The van der Waals surface area contributed by atoms with E-state index in [-0.39, 0.29) is 5.91 Å². The quantitative estimate of drug-likeness (QED) is 0.667. The molecule has 1 aromatic carbocycles. The van der Waals surface area contributed by atoms with Gasteiger partial charge in [-0.3, -0.25) is 9.69 Å². The van der Waals surface area contributed by atoms with Gasteiger partial charge in [0.25, 0.3) is 0 Å². The van der Waals surface area contributed by atoms with Gasteiger partial charge in [-0.1, -0.05) is 12.5 Å². The van der Waals surface area contributed by atoms with Crippen LogP contribution in [-0.4, -0.2) is 49.7 Å².